The highest BCUT2D eigenvalue weighted by atomic mass is 35.5. The second-order valence-electron chi connectivity index (χ2n) is 7.46. The lowest BCUT2D eigenvalue weighted by atomic mass is 9.73. The lowest BCUT2D eigenvalue weighted by Crippen LogP contribution is -2.17. The molecule has 0 atom stereocenters. The molecule has 0 aliphatic heterocycles. The summed E-state index contributed by atoms with van der Waals surface area (Å²) in [6.07, 6.45) is 13.9. The molecule has 4 heterocycles. The smallest absolute Gasteiger partial charge is 0.137 e. The van der Waals surface area contributed by atoms with Gasteiger partial charge in [0.15, 0.2) is 0 Å². The molecule has 0 aromatic carbocycles. The fourth-order valence-electron chi connectivity index (χ4n) is 4.65. The van der Waals surface area contributed by atoms with Gasteiger partial charge in [-0.15, -0.1) is 0 Å². The molecule has 138 valence electrons. The minimum absolute atomic E-state index is 0.258. The summed E-state index contributed by atoms with van der Waals surface area (Å²) in [5, 5.41) is 3.52. The van der Waals surface area contributed by atoms with Crippen molar-refractivity contribution in [2.45, 2.75) is 38.0 Å². The number of aromatic nitrogens is 4. The molecule has 6 heteroatoms. The molecule has 0 spiro atoms. The van der Waals surface area contributed by atoms with Gasteiger partial charge in [0.05, 0.1) is 10.0 Å². The van der Waals surface area contributed by atoms with Gasteiger partial charge in [-0.1, -0.05) is 42.5 Å². The molecule has 1 saturated carbocycles. The Morgan fingerprint density at radius 2 is 1.33 bits per heavy atom. The average Bonchev–Trinajstić information content (AvgIpc) is 3.28. The molecule has 0 radical (unpaired) electrons. The third kappa shape index (κ3) is 3.01. The van der Waals surface area contributed by atoms with Crippen LogP contribution in [0.15, 0.2) is 36.9 Å². The Kier molecular flexibility index (Phi) is 4.33. The monoisotopic (exact) mass is 398 g/mol. The molecule has 4 aromatic rings. The molecular formula is C21H20Cl2N4. The van der Waals surface area contributed by atoms with Crippen LogP contribution in [0.25, 0.3) is 22.1 Å². The summed E-state index contributed by atoms with van der Waals surface area (Å²) in [7, 11) is 0. The van der Waals surface area contributed by atoms with Gasteiger partial charge >= 0.3 is 0 Å². The van der Waals surface area contributed by atoms with Gasteiger partial charge in [-0.2, -0.15) is 0 Å². The van der Waals surface area contributed by atoms with Crippen molar-refractivity contribution in [2.24, 2.45) is 5.92 Å². The van der Waals surface area contributed by atoms with Crippen LogP contribution in [0.5, 0.6) is 0 Å². The van der Waals surface area contributed by atoms with E-state index in [0.717, 1.165) is 22.1 Å². The van der Waals surface area contributed by atoms with Crippen LogP contribution in [0.2, 0.25) is 10.0 Å². The van der Waals surface area contributed by atoms with Crippen molar-refractivity contribution in [3.63, 3.8) is 0 Å². The third-order valence-corrected chi connectivity index (χ3v) is 6.26. The van der Waals surface area contributed by atoms with E-state index >= 15 is 0 Å². The topological polar surface area (TPSA) is 57.4 Å². The first-order valence-corrected chi connectivity index (χ1v) is 10.2. The summed E-state index contributed by atoms with van der Waals surface area (Å²) in [5.41, 5.74) is 4.28. The van der Waals surface area contributed by atoms with E-state index in [1.807, 2.05) is 12.1 Å². The van der Waals surface area contributed by atoms with Crippen molar-refractivity contribution in [1.29, 1.82) is 0 Å². The van der Waals surface area contributed by atoms with E-state index in [1.165, 1.54) is 43.2 Å². The molecule has 1 aliphatic carbocycles. The van der Waals surface area contributed by atoms with Gasteiger partial charge in [-0.25, -0.2) is 9.97 Å². The number of hydrogen-bond donors (Lipinski definition) is 2. The van der Waals surface area contributed by atoms with Gasteiger partial charge in [0.2, 0.25) is 0 Å². The van der Waals surface area contributed by atoms with Gasteiger partial charge in [0, 0.05) is 41.5 Å². The fraction of sp³-hybridized carbons (Fsp3) is 0.333. The summed E-state index contributed by atoms with van der Waals surface area (Å²) in [5.74, 6) is 0.836. The molecule has 2 N–H and O–H groups in total. The molecule has 1 aliphatic rings. The first-order chi connectivity index (χ1) is 13.2. The zero-order chi connectivity index (χ0) is 18.4. The molecule has 27 heavy (non-hydrogen) atoms. The van der Waals surface area contributed by atoms with Gasteiger partial charge < -0.3 is 9.97 Å². The predicted octanol–water partition coefficient (Wildman–Crippen LogP) is 6.46. The summed E-state index contributed by atoms with van der Waals surface area (Å²) in [4.78, 5) is 15.6. The van der Waals surface area contributed by atoms with E-state index in [4.69, 9.17) is 23.2 Å². The van der Waals surface area contributed by atoms with E-state index in [-0.39, 0.29) is 5.92 Å². The third-order valence-electron chi connectivity index (χ3n) is 5.85. The molecule has 0 saturated heterocycles. The standard InChI is InChI=1S/C21H20Cl2N4/c22-13-6-15-17(10-26-20(15)24-8-13)19(12-4-2-1-3-5-12)18-11-27-21-16(18)7-14(23)9-25-21/h6-12,19H,1-5H2,(H,24,26)(H,25,27). The van der Waals surface area contributed by atoms with Crippen LogP contribution in [0.4, 0.5) is 0 Å². The zero-order valence-corrected chi connectivity index (χ0v) is 16.3. The Labute approximate surface area is 167 Å². The Hall–Kier alpha value is -2.04. The molecule has 4 aromatic heterocycles. The Morgan fingerprint density at radius 1 is 0.815 bits per heavy atom. The van der Waals surface area contributed by atoms with Gasteiger partial charge in [0.1, 0.15) is 11.3 Å². The van der Waals surface area contributed by atoms with Crippen molar-refractivity contribution in [1.82, 2.24) is 19.9 Å². The summed E-state index contributed by atoms with van der Waals surface area (Å²) in [6.45, 7) is 0. The predicted molar refractivity (Wildman–Crippen MR) is 111 cm³/mol. The van der Waals surface area contributed by atoms with Crippen molar-refractivity contribution in [3.8, 4) is 0 Å². The number of nitrogens with zero attached hydrogens (tertiary/aromatic N) is 2. The second kappa shape index (κ2) is 6.84. The Morgan fingerprint density at radius 3 is 1.85 bits per heavy atom. The Balaban J connectivity index is 1.73. The van der Waals surface area contributed by atoms with Crippen molar-refractivity contribution < 1.29 is 0 Å². The highest BCUT2D eigenvalue weighted by molar-refractivity contribution is 6.31. The van der Waals surface area contributed by atoms with Crippen LogP contribution in [-0.4, -0.2) is 19.9 Å². The fourth-order valence-corrected chi connectivity index (χ4v) is 4.97. The number of H-pyrrole nitrogens is 2. The minimum atomic E-state index is 0.258. The second-order valence-corrected chi connectivity index (χ2v) is 8.34. The van der Waals surface area contributed by atoms with Crippen molar-refractivity contribution in [2.75, 3.05) is 0 Å². The summed E-state index contributed by atoms with van der Waals surface area (Å²) < 4.78 is 0. The maximum atomic E-state index is 6.27. The molecule has 4 nitrogen and oxygen atoms in total. The number of pyridine rings is 2. The van der Waals surface area contributed by atoms with E-state index in [2.05, 4.69) is 32.3 Å². The number of nitrogens with one attached hydrogen (secondary N) is 2. The normalized spacial score (nSPS) is 16.0. The number of aromatic amines is 2. The average molecular weight is 399 g/mol. The lowest BCUT2D eigenvalue weighted by molar-refractivity contribution is 0.329. The van der Waals surface area contributed by atoms with Crippen molar-refractivity contribution in [3.05, 3.63) is 58.1 Å². The quantitative estimate of drug-likeness (QED) is 0.415. The van der Waals surface area contributed by atoms with Crippen LogP contribution >= 0.6 is 23.2 Å². The first-order valence-electron chi connectivity index (χ1n) is 9.46. The lowest BCUT2D eigenvalue weighted by Gasteiger charge is -2.30. The van der Waals surface area contributed by atoms with Crippen LogP contribution in [0, 0.1) is 5.92 Å². The van der Waals surface area contributed by atoms with E-state index in [0.29, 0.717) is 16.0 Å². The first kappa shape index (κ1) is 17.1. The molecule has 0 bridgehead atoms. The SMILES string of the molecule is Clc1cnc2[nH]cc(C(c3c[nH]c4ncc(Cl)cc34)C3CCCCC3)c2c1. The largest absolute Gasteiger partial charge is 0.346 e. The van der Waals surface area contributed by atoms with Crippen molar-refractivity contribution >= 4 is 45.3 Å². The highest BCUT2D eigenvalue weighted by Gasteiger charge is 2.30. The summed E-state index contributed by atoms with van der Waals surface area (Å²) >= 11 is 12.5. The number of rotatable bonds is 3. The number of halogens is 2. The molecule has 1 fully saturated rings. The van der Waals surface area contributed by atoms with Crippen LogP contribution in [0.3, 0.4) is 0 Å². The van der Waals surface area contributed by atoms with Gasteiger partial charge in [-0.05, 0) is 42.0 Å². The minimum Gasteiger partial charge on any atom is -0.346 e. The molecule has 5 rings (SSSR count). The van der Waals surface area contributed by atoms with Crippen LogP contribution < -0.4 is 0 Å². The molecule has 0 unspecified atom stereocenters. The zero-order valence-electron chi connectivity index (χ0n) is 14.8. The van der Waals surface area contributed by atoms with E-state index < -0.39 is 0 Å². The van der Waals surface area contributed by atoms with Crippen LogP contribution in [-0.2, 0) is 0 Å². The van der Waals surface area contributed by atoms with E-state index in [9.17, 15) is 0 Å². The molecular weight excluding hydrogens is 379 g/mol. The summed E-state index contributed by atoms with van der Waals surface area (Å²) in [6, 6.07) is 4.04. The van der Waals surface area contributed by atoms with E-state index in [1.54, 1.807) is 12.4 Å². The van der Waals surface area contributed by atoms with Gasteiger partial charge in [0.25, 0.3) is 0 Å². The maximum Gasteiger partial charge on any atom is 0.137 e. The number of fused-ring (bicyclic) bond motifs is 2. The van der Waals surface area contributed by atoms with Gasteiger partial charge in [-0.3, -0.25) is 0 Å². The van der Waals surface area contributed by atoms with Crippen LogP contribution in [0.1, 0.15) is 49.1 Å². The Bertz CT molecular complexity index is 1030. The highest BCUT2D eigenvalue weighted by Crippen LogP contribution is 2.45. The maximum absolute atomic E-state index is 6.27. The number of hydrogen-bond acceptors (Lipinski definition) is 2. The molecule has 0 amide bonds.